The molecule has 0 spiro atoms. The van der Waals surface area contributed by atoms with Crippen molar-refractivity contribution in [2.75, 3.05) is 6.61 Å². The Bertz CT molecular complexity index is 483. The molecule has 0 fully saturated rings. The van der Waals surface area contributed by atoms with Gasteiger partial charge in [-0.2, -0.15) is 0 Å². The maximum Gasteiger partial charge on any atom is 0.339 e. The van der Waals surface area contributed by atoms with Gasteiger partial charge in [-0.15, -0.1) is 0 Å². The highest BCUT2D eigenvalue weighted by Gasteiger charge is 2.31. The van der Waals surface area contributed by atoms with Gasteiger partial charge in [-0.25, -0.2) is 4.79 Å². The molecule has 17 heavy (non-hydrogen) atoms. The normalized spacial score (nSPS) is 15.4. The van der Waals surface area contributed by atoms with Gasteiger partial charge in [-0.05, 0) is 5.56 Å². The summed E-state index contributed by atoms with van der Waals surface area (Å²) in [5.74, 6) is -0.548. The van der Waals surface area contributed by atoms with Crippen LogP contribution in [0.25, 0.3) is 5.57 Å². The van der Waals surface area contributed by atoms with Gasteiger partial charge in [0.05, 0.1) is 5.57 Å². The summed E-state index contributed by atoms with van der Waals surface area (Å²) in [6.45, 7) is 3.74. The third-order valence-electron chi connectivity index (χ3n) is 2.74. The fraction of sp³-hybridized carbons (Fsp3) is 0.286. The van der Waals surface area contributed by atoms with Crippen LogP contribution in [0.5, 0.6) is 0 Å². The van der Waals surface area contributed by atoms with Crippen molar-refractivity contribution >= 4 is 17.3 Å². The Morgan fingerprint density at radius 1 is 1.24 bits per heavy atom. The zero-order valence-electron chi connectivity index (χ0n) is 9.90. The molecular formula is C14H14O3. The summed E-state index contributed by atoms with van der Waals surface area (Å²) in [6, 6.07) is 9.18. The van der Waals surface area contributed by atoms with E-state index in [9.17, 15) is 9.59 Å². The zero-order valence-corrected chi connectivity index (χ0v) is 9.90. The number of rotatable bonds is 3. The molecule has 1 aliphatic rings. The standard InChI is InChI=1S/C14H14O3/c1-9(2)13(15)11-8-17-14(16)12(11)10-6-4-3-5-7-10/h3-7,9H,8H2,1-2H3. The summed E-state index contributed by atoms with van der Waals surface area (Å²) in [5, 5.41) is 0. The van der Waals surface area contributed by atoms with E-state index in [-0.39, 0.29) is 18.3 Å². The summed E-state index contributed by atoms with van der Waals surface area (Å²) in [4.78, 5) is 23.7. The van der Waals surface area contributed by atoms with Crippen LogP contribution in [0.4, 0.5) is 0 Å². The van der Waals surface area contributed by atoms with Gasteiger partial charge >= 0.3 is 5.97 Å². The Labute approximate surface area is 100 Å². The first-order valence-corrected chi connectivity index (χ1v) is 5.61. The lowest BCUT2D eigenvalue weighted by Gasteiger charge is -2.05. The summed E-state index contributed by atoms with van der Waals surface area (Å²) in [7, 11) is 0. The number of hydrogen-bond acceptors (Lipinski definition) is 3. The molecule has 0 bridgehead atoms. The van der Waals surface area contributed by atoms with Crippen LogP contribution in [-0.4, -0.2) is 18.4 Å². The molecule has 0 saturated carbocycles. The summed E-state index contributed by atoms with van der Waals surface area (Å²) < 4.78 is 4.97. The van der Waals surface area contributed by atoms with Crippen LogP contribution < -0.4 is 0 Å². The SMILES string of the molecule is CC(C)C(=O)C1=C(c2ccccc2)C(=O)OC1. The molecule has 3 nitrogen and oxygen atoms in total. The number of hydrogen-bond donors (Lipinski definition) is 0. The van der Waals surface area contributed by atoms with Crippen LogP contribution in [0.1, 0.15) is 19.4 Å². The maximum absolute atomic E-state index is 12.0. The monoisotopic (exact) mass is 230 g/mol. The van der Waals surface area contributed by atoms with E-state index in [1.807, 2.05) is 44.2 Å². The Morgan fingerprint density at radius 3 is 2.47 bits per heavy atom. The number of cyclic esters (lactones) is 1. The average molecular weight is 230 g/mol. The molecule has 1 aliphatic heterocycles. The lowest BCUT2D eigenvalue weighted by atomic mass is 9.94. The van der Waals surface area contributed by atoms with Crippen LogP contribution in [0.15, 0.2) is 35.9 Å². The molecule has 1 aromatic carbocycles. The predicted molar refractivity (Wildman–Crippen MR) is 64.2 cm³/mol. The van der Waals surface area contributed by atoms with E-state index in [1.165, 1.54) is 0 Å². The molecule has 0 aromatic heterocycles. The Kier molecular flexibility index (Phi) is 3.09. The number of esters is 1. The van der Waals surface area contributed by atoms with Gasteiger partial charge in [0.15, 0.2) is 5.78 Å². The highest BCUT2D eigenvalue weighted by Crippen LogP contribution is 2.28. The van der Waals surface area contributed by atoms with E-state index in [0.29, 0.717) is 11.1 Å². The van der Waals surface area contributed by atoms with E-state index < -0.39 is 5.97 Å². The molecule has 0 saturated heterocycles. The number of Topliss-reactive ketones (excluding diaryl/α,β-unsaturated/α-hetero) is 1. The Hall–Kier alpha value is -1.90. The molecule has 0 amide bonds. The minimum Gasteiger partial charge on any atom is -0.457 e. The Balaban J connectivity index is 2.49. The highest BCUT2D eigenvalue weighted by atomic mass is 16.5. The van der Waals surface area contributed by atoms with Crippen LogP contribution in [0.3, 0.4) is 0 Å². The topological polar surface area (TPSA) is 43.4 Å². The molecule has 3 heteroatoms. The molecular weight excluding hydrogens is 216 g/mol. The van der Waals surface area contributed by atoms with E-state index in [2.05, 4.69) is 0 Å². The van der Waals surface area contributed by atoms with E-state index in [0.717, 1.165) is 5.56 Å². The molecule has 0 radical (unpaired) electrons. The van der Waals surface area contributed by atoms with Gasteiger partial charge in [0.1, 0.15) is 6.61 Å². The molecule has 1 heterocycles. The maximum atomic E-state index is 12.0. The van der Waals surface area contributed by atoms with E-state index >= 15 is 0 Å². The number of ether oxygens (including phenoxy) is 1. The largest absolute Gasteiger partial charge is 0.457 e. The first-order chi connectivity index (χ1) is 8.11. The van der Waals surface area contributed by atoms with Crippen molar-refractivity contribution in [3.63, 3.8) is 0 Å². The fourth-order valence-electron chi connectivity index (χ4n) is 1.84. The van der Waals surface area contributed by atoms with Gasteiger partial charge in [-0.3, -0.25) is 4.79 Å². The van der Waals surface area contributed by atoms with Gasteiger partial charge in [0.25, 0.3) is 0 Å². The molecule has 0 aliphatic carbocycles. The van der Waals surface area contributed by atoms with Crippen LogP contribution in [0.2, 0.25) is 0 Å². The molecule has 0 unspecified atom stereocenters. The van der Waals surface area contributed by atoms with Gasteiger partial charge < -0.3 is 4.74 Å². The number of carbonyl (C=O) groups is 2. The summed E-state index contributed by atoms with van der Waals surface area (Å²) in [6.07, 6.45) is 0. The average Bonchev–Trinajstić information content (AvgIpc) is 2.71. The third-order valence-corrected chi connectivity index (χ3v) is 2.74. The Morgan fingerprint density at radius 2 is 1.88 bits per heavy atom. The van der Waals surface area contributed by atoms with Crippen LogP contribution >= 0.6 is 0 Å². The highest BCUT2D eigenvalue weighted by molar-refractivity contribution is 6.26. The van der Waals surface area contributed by atoms with Crippen molar-refractivity contribution in [3.05, 3.63) is 41.5 Å². The van der Waals surface area contributed by atoms with Crippen LogP contribution in [0, 0.1) is 5.92 Å². The lowest BCUT2D eigenvalue weighted by molar-refractivity contribution is -0.134. The van der Waals surface area contributed by atoms with Crippen LogP contribution in [-0.2, 0) is 14.3 Å². The second-order valence-corrected chi connectivity index (χ2v) is 4.31. The van der Waals surface area contributed by atoms with Gasteiger partial charge in [0, 0.05) is 11.5 Å². The van der Waals surface area contributed by atoms with E-state index in [4.69, 9.17) is 4.74 Å². The minimum atomic E-state index is -0.403. The zero-order chi connectivity index (χ0) is 12.4. The molecule has 88 valence electrons. The summed E-state index contributed by atoms with van der Waals surface area (Å²) >= 11 is 0. The smallest absolute Gasteiger partial charge is 0.339 e. The molecule has 2 rings (SSSR count). The number of ketones is 1. The molecule has 0 N–H and O–H groups in total. The lowest BCUT2D eigenvalue weighted by Crippen LogP contribution is -2.12. The van der Waals surface area contributed by atoms with Crippen molar-refractivity contribution in [2.45, 2.75) is 13.8 Å². The number of benzene rings is 1. The van der Waals surface area contributed by atoms with Crippen molar-refractivity contribution in [3.8, 4) is 0 Å². The first-order valence-electron chi connectivity index (χ1n) is 5.61. The van der Waals surface area contributed by atoms with Crippen molar-refractivity contribution in [1.29, 1.82) is 0 Å². The second kappa shape index (κ2) is 4.53. The van der Waals surface area contributed by atoms with E-state index in [1.54, 1.807) is 0 Å². The van der Waals surface area contributed by atoms with Gasteiger partial charge in [0.2, 0.25) is 0 Å². The quantitative estimate of drug-likeness (QED) is 0.748. The number of carbonyl (C=O) groups excluding carboxylic acids is 2. The second-order valence-electron chi connectivity index (χ2n) is 4.31. The molecule has 0 atom stereocenters. The van der Waals surface area contributed by atoms with Crippen molar-refractivity contribution in [2.24, 2.45) is 5.92 Å². The third kappa shape index (κ3) is 2.13. The predicted octanol–water partition coefficient (Wildman–Crippen LogP) is 2.22. The minimum absolute atomic E-state index is 0.0188. The van der Waals surface area contributed by atoms with Crippen molar-refractivity contribution in [1.82, 2.24) is 0 Å². The first kappa shape index (κ1) is 11.6. The van der Waals surface area contributed by atoms with Gasteiger partial charge in [-0.1, -0.05) is 44.2 Å². The van der Waals surface area contributed by atoms with Crippen molar-refractivity contribution < 1.29 is 14.3 Å². The molecule has 1 aromatic rings. The fourth-order valence-corrected chi connectivity index (χ4v) is 1.84. The summed E-state index contributed by atoms with van der Waals surface area (Å²) in [5.41, 5.74) is 1.67.